The molecule has 3 rings (SSSR count). The van der Waals surface area contributed by atoms with Crippen molar-refractivity contribution in [3.05, 3.63) is 29.3 Å². The lowest BCUT2D eigenvalue weighted by atomic mass is 9.89. The van der Waals surface area contributed by atoms with E-state index in [1.165, 1.54) is 0 Å². The predicted octanol–water partition coefficient (Wildman–Crippen LogP) is 2.48. The van der Waals surface area contributed by atoms with E-state index >= 15 is 0 Å². The smallest absolute Gasteiger partial charge is 0.416 e. The van der Waals surface area contributed by atoms with E-state index in [1.54, 1.807) is 17.9 Å². The number of nitrogens with one attached hydrogen (secondary N) is 2. The number of anilines is 1. The van der Waals surface area contributed by atoms with E-state index in [0.29, 0.717) is 44.5 Å². The van der Waals surface area contributed by atoms with Crippen LogP contribution in [0.5, 0.6) is 0 Å². The van der Waals surface area contributed by atoms with E-state index in [0.717, 1.165) is 12.1 Å². The highest BCUT2D eigenvalue weighted by molar-refractivity contribution is 5.86. The molecule has 6 nitrogen and oxygen atoms in total. The Bertz CT molecular complexity index is 754. The number of piperidine rings is 2. The highest BCUT2D eigenvalue weighted by atomic mass is 19.4. The number of carboxylic acid groups (broad SMARTS) is 1. The monoisotopic (exact) mass is 399 g/mol. The number of aliphatic carboxylic acids is 1. The van der Waals surface area contributed by atoms with Crippen molar-refractivity contribution >= 4 is 17.6 Å². The van der Waals surface area contributed by atoms with Gasteiger partial charge in [-0.1, -0.05) is 0 Å². The Morgan fingerprint density at radius 2 is 2.04 bits per heavy atom. The number of rotatable bonds is 4. The molecule has 0 aliphatic carbocycles. The van der Waals surface area contributed by atoms with E-state index in [4.69, 9.17) is 0 Å². The number of halogens is 3. The number of carbonyl (C=O) groups is 2. The second-order valence-corrected chi connectivity index (χ2v) is 7.46. The molecule has 0 aromatic heterocycles. The first-order chi connectivity index (χ1) is 13.2. The van der Waals surface area contributed by atoms with Gasteiger partial charge in [0.05, 0.1) is 17.5 Å². The number of likely N-dealkylation sites (tertiary alicyclic amines) is 1. The minimum atomic E-state index is -4.46. The molecule has 154 valence electrons. The zero-order valence-corrected chi connectivity index (χ0v) is 15.6. The van der Waals surface area contributed by atoms with Crippen LogP contribution in [0.3, 0.4) is 0 Å². The molecule has 28 heavy (non-hydrogen) atoms. The van der Waals surface area contributed by atoms with Gasteiger partial charge in [-0.2, -0.15) is 13.2 Å². The van der Waals surface area contributed by atoms with Gasteiger partial charge in [0, 0.05) is 18.8 Å². The second-order valence-electron chi connectivity index (χ2n) is 7.46. The van der Waals surface area contributed by atoms with E-state index in [9.17, 15) is 27.9 Å². The van der Waals surface area contributed by atoms with Crippen LogP contribution < -0.4 is 10.6 Å². The van der Waals surface area contributed by atoms with Crippen molar-refractivity contribution in [2.45, 2.75) is 44.4 Å². The van der Waals surface area contributed by atoms with Crippen molar-refractivity contribution in [2.75, 3.05) is 25.0 Å². The summed E-state index contributed by atoms with van der Waals surface area (Å²) in [5.41, 5.74) is -0.0820. The number of hydrogen-bond acceptors (Lipinski definition) is 4. The molecule has 9 heteroatoms. The molecule has 2 saturated heterocycles. The minimum Gasteiger partial charge on any atom is -0.481 e. The summed E-state index contributed by atoms with van der Waals surface area (Å²) in [7, 11) is 0. The third kappa shape index (κ3) is 4.40. The van der Waals surface area contributed by atoms with Crippen LogP contribution in [0.4, 0.5) is 18.9 Å². The molecule has 0 saturated carbocycles. The van der Waals surface area contributed by atoms with Gasteiger partial charge in [-0.15, -0.1) is 0 Å². The molecule has 2 aliphatic rings. The van der Waals surface area contributed by atoms with E-state index in [1.807, 2.05) is 0 Å². The molecule has 0 unspecified atom stereocenters. The average molecular weight is 399 g/mol. The number of amides is 1. The maximum atomic E-state index is 13.1. The van der Waals surface area contributed by atoms with Crippen LogP contribution in [0.15, 0.2) is 18.2 Å². The number of benzene rings is 1. The van der Waals surface area contributed by atoms with Gasteiger partial charge in [-0.05, 0) is 56.5 Å². The zero-order chi connectivity index (χ0) is 20.5. The Labute approximate surface area is 161 Å². The van der Waals surface area contributed by atoms with Crippen molar-refractivity contribution in [1.82, 2.24) is 10.2 Å². The van der Waals surface area contributed by atoms with Gasteiger partial charge in [0.15, 0.2) is 0 Å². The number of nitrogens with zero attached hydrogens (tertiary/aromatic N) is 1. The largest absolute Gasteiger partial charge is 0.481 e. The molecular formula is C19H24F3N3O3. The Hall–Kier alpha value is -2.29. The van der Waals surface area contributed by atoms with Gasteiger partial charge >= 0.3 is 12.1 Å². The number of carboxylic acids is 1. The average Bonchev–Trinajstić information content (AvgIpc) is 2.62. The van der Waals surface area contributed by atoms with Gasteiger partial charge in [0.2, 0.25) is 5.91 Å². The fraction of sp³-hybridized carbons (Fsp3) is 0.579. The first-order valence-corrected chi connectivity index (χ1v) is 9.36. The van der Waals surface area contributed by atoms with Gasteiger partial charge in [-0.3, -0.25) is 9.59 Å². The maximum absolute atomic E-state index is 13.1. The molecular weight excluding hydrogens is 375 g/mol. The number of carbonyl (C=O) groups excluding carboxylic acids is 1. The molecule has 2 aliphatic heterocycles. The first-order valence-electron chi connectivity index (χ1n) is 9.36. The van der Waals surface area contributed by atoms with Crippen LogP contribution in [0, 0.1) is 12.8 Å². The first kappa shape index (κ1) is 20.4. The van der Waals surface area contributed by atoms with Gasteiger partial charge in [-0.25, -0.2) is 0 Å². The molecule has 1 amide bonds. The zero-order valence-electron chi connectivity index (χ0n) is 15.6. The van der Waals surface area contributed by atoms with Crippen molar-refractivity contribution in [2.24, 2.45) is 5.92 Å². The molecule has 1 aromatic carbocycles. The molecule has 0 radical (unpaired) electrons. The third-order valence-corrected chi connectivity index (χ3v) is 5.39. The Morgan fingerprint density at radius 1 is 1.29 bits per heavy atom. The van der Waals surface area contributed by atoms with E-state index in [2.05, 4.69) is 10.6 Å². The van der Waals surface area contributed by atoms with Crippen molar-refractivity contribution in [1.29, 1.82) is 0 Å². The van der Waals surface area contributed by atoms with Crippen molar-refractivity contribution in [3.63, 3.8) is 0 Å². The summed E-state index contributed by atoms with van der Waals surface area (Å²) in [6.45, 7) is 3.01. The van der Waals surface area contributed by atoms with Gasteiger partial charge in [0.25, 0.3) is 0 Å². The molecule has 0 bridgehead atoms. The van der Waals surface area contributed by atoms with Crippen LogP contribution >= 0.6 is 0 Å². The molecule has 3 atom stereocenters. The quantitative estimate of drug-likeness (QED) is 0.725. The standard InChI is InChI=1S/C19H24F3N3O3/c1-11-7-12(19(20,21)22)9-13(8-11)24-15-3-2-6-25(17(15)26)16-10-23-5-4-14(16)18(27)28/h7-9,14-16,23-24H,2-6,10H2,1H3,(H,27,28)/t14-,15+,16-/m0/s1. The van der Waals surface area contributed by atoms with Gasteiger partial charge < -0.3 is 20.6 Å². The van der Waals surface area contributed by atoms with E-state index in [-0.39, 0.29) is 11.6 Å². The molecule has 2 fully saturated rings. The second kappa shape index (κ2) is 7.98. The lowest BCUT2D eigenvalue weighted by Crippen LogP contribution is -2.60. The van der Waals surface area contributed by atoms with Crippen LogP contribution in [0.1, 0.15) is 30.4 Å². The van der Waals surface area contributed by atoms with Crippen LogP contribution in [-0.4, -0.2) is 53.6 Å². The molecule has 2 heterocycles. The number of hydrogen-bond donors (Lipinski definition) is 3. The van der Waals surface area contributed by atoms with Crippen molar-refractivity contribution < 1.29 is 27.9 Å². The summed E-state index contributed by atoms with van der Waals surface area (Å²) in [5, 5.41) is 15.5. The summed E-state index contributed by atoms with van der Waals surface area (Å²) in [4.78, 5) is 26.1. The number of alkyl halides is 3. The summed E-state index contributed by atoms with van der Waals surface area (Å²) in [5.74, 6) is -1.83. The molecule has 0 spiro atoms. The fourth-order valence-corrected chi connectivity index (χ4v) is 4.05. The number of aryl methyl sites for hydroxylation is 1. The summed E-state index contributed by atoms with van der Waals surface area (Å²) >= 11 is 0. The van der Waals surface area contributed by atoms with Crippen molar-refractivity contribution in [3.8, 4) is 0 Å². The van der Waals surface area contributed by atoms with E-state index < -0.39 is 35.7 Å². The fourth-order valence-electron chi connectivity index (χ4n) is 4.05. The molecule has 3 N–H and O–H groups in total. The topological polar surface area (TPSA) is 81.7 Å². The van der Waals surface area contributed by atoms with Crippen LogP contribution in [-0.2, 0) is 15.8 Å². The molecule has 1 aromatic rings. The minimum absolute atomic E-state index is 0.240. The highest BCUT2D eigenvalue weighted by Crippen LogP contribution is 2.32. The normalized spacial score (nSPS) is 26.2. The summed E-state index contributed by atoms with van der Waals surface area (Å²) in [6, 6.07) is 2.51. The lowest BCUT2D eigenvalue weighted by Gasteiger charge is -2.42. The van der Waals surface area contributed by atoms with Crippen LogP contribution in [0.2, 0.25) is 0 Å². The highest BCUT2D eigenvalue weighted by Gasteiger charge is 2.40. The Morgan fingerprint density at radius 3 is 2.71 bits per heavy atom. The third-order valence-electron chi connectivity index (χ3n) is 5.39. The maximum Gasteiger partial charge on any atom is 0.416 e. The predicted molar refractivity (Wildman–Crippen MR) is 96.9 cm³/mol. The summed E-state index contributed by atoms with van der Waals surface area (Å²) in [6.07, 6.45) is -2.88. The summed E-state index contributed by atoms with van der Waals surface area (Å²) < 4.78 is 39.2. The van der Waals surface area contributed by atoms with Gasteiger partial charge in [0.1, 0.15) is 6.04 Å². The lowest BCUT2D eigenvalue weighted by molar-refractivity contribution is -0.149. The Kier molecular flexibility index (Phi) is 5.83. The Balaban J connectivity index is 1.78. The SMILES string of the molecule is Cc1cc(N[C@@H]2CCCN([C@H]3CNCC[C@@H]3C(=O)O)C2=O)cc(C(F)(F)F)c1. The van der Waals surface area contributed by atoms with Crippen LogP contribution in [0.25, 0.3) is 0 Å².